The second-order valence-electron chi connectivity index (χ2n) is 11.2. The van der Waals surface area contributed by atoms with E-state index in [2.05, 4.69) is 32.1 Å². The van der Waals surface area contributed by atoms with Gasteiger partial charge < -0.3 is 24.8 Å². The maximum atomic E-state index is 14.0. The van der Waals surface area contributed by atoms with Gasteiger partial charge in [0.2, 0.25) is 17.7 Å². The summed E-state index contributed by atoms with van der Waals surface area (Å²) < 4.78 is 45.2. The zero-order valence-corrected chi connectivity index (χ0v) is 23.4. The van der Waals surface area contributed by atoms with Crippen molar-refractivity contribution >= 4 is 39.3 Å². The topological polar surface area (TPSA) is 106 Å². The van der Waals surface area contributed by atoms with E-state index in [0.29, 0.717) is 37.7 Å². The number of alkyl halides is 3. The Hall–Kier alpha value is -2.26. The summed E-state index contributed by atoms with van der Waals surface area (Å²) in [6.07, 6.45) is -4.19. The highest BCUT2D eigenvalue weighted by atomic mass is 79.9. The van der Waals surface area contributed by atoms with Crippen molar-refractivity contribution < 1.29 is 32.3 Å². The monoisotopic (exact) mass is 628 g/mol. The lowest BCUT2D eigenvalue weighted by Crippen LogP contribution is -2.59. The number of amides is 3. The lowest BCUT2D eigenvalue weighted by Gasteiger charge is -2.41. The fraction of sp³-hybridized carbons (Fsp3) is 0.654. The third kappa shape index (κ3) is 4.81. The molecule has 0 aromatic heterocycles. The number of fused-ring (bicyclic) bond motifs is 3. The van der Waals surface area contributed by atoms with Crippen LogP contribution in [0.1, 0.15) is 31.2 Å². The predicted octanol–water partition coefficient (Wildman–Crippen LogP) is 1.04. The van der Waals surface area contributed by atoms with Gasteiger partial charge >= 0.3 is 6.18 Å². The molecule has 1 aromatic rings. The highest BCUT2D eigenvalue weighted by Crippen LogP contribution is 2.51. The Morgan fingerprint density at radius 3 is 2.62 bits per heavy atom. The van der Waals surface area contributed by atoms with Crippen LogP contribution in [0, 0.1) is 0 Å². The number of nitrogens with zero attached hydrogens (tertiary/aromatic N) is 3. The molecule has 6 rings (SSSR count). The average Bonchev–Trinajstić information content (AvgIpc) is 3.50. The van der Waals surface area contributed by atoms with E-state index in [-0.39, 0.29) is 43.6 Å². The van der Waals surface area contributed by atoms with Crippen molar-refractivity contribution in [2.45, 2.75) is 61.5 Å². The summed E-state index contributed by atoms with van der Waals surface area (Å²) in [7, 11) is 0. The maximum Gasteiger partial charge on any atom is 0.416 e. The molecule has 0 saturated carbocycles. The highest BCUT2D eigenvalue weighted by Gasteiger charge is 2.54. The number of likely N-dealkylation sites (tertiary alicyclic amines) is 1. The first-order valence-electron chi connectivity index (χ1n) is 13.7. The Balaban J connectivity index is 1.16. The first kappa shape index (κ1) is 27.9. The van der Waals surface area contributed by atoms with E-state index in [4.69, 9.17) is 4.74 Å². The molecule has 4 atom stereocenters. The summed E-state index contributed by atoms with van der Waals surface area (Å²) in [6, 6.07) is 5.62. The fourth-order valence-electron chi connectivity index (χ4n) is 6.82. The summed E-state index contributed by atoms with van der Waals surface area (Å²) >= 11 is 3.60. The SMILES string of the molecule is O=C(CN1C(=O)C2(CCN(C(=O)C3CCC4NNCC4N3)CC2)c2c(Br)cccc21)N1CCOC(C(F)(F)F)C1. The number of carbonyl (C=O) groups excluding carboxylic acids is 3. The molecule has 4 saturated heterocycles. The van der Waals surface area contributed by atoms with E-state index in [1.54, 1.807) is 12.1 Å². The van der Waals surface area contributed by atoms with Crippen molar-refractivity contribution in [2.24, 2.45) is 0 Å². The summed E-state index contributed by atoms with van der Waals surface area (Å²) in [5, 5.41) is 3.46. The summed E-state index contributed by atoms with van der Waals surface area (Å²) in [6.45, 7) is 0.411. The van der Waals surface area contributed by atoms with Crippen LogP contribution in [-0.4, -0.2) is 104 Å². The van der Waals surface area contributed by atoms with Crippen LogP contribution < -0.4 is 21.1 Å². The molecule has 218 valence electrons. The van der Waals surface area contributed by atoms with Gasteiger partial charge in [0.25, 0.3) is 0 Å². The number of hydrogen-bond acceptors (Lipinski definition) is 7. The van der Waals surface area contributed by atoms with Crippen molar-refractivity contribution in [3.8, 4) is 0 Å². The van der Waals surface area contributed by atoms with E-state index in [0.717, 1.165) is 34.3 Å². The fourth-order valence-corrected chi connectivity index (χ4v) is 7.55. The van der Waals surface area contributed by atoms with Crippen LogP contribution in [0.15, 0.2) is 22.7 Å². The number of carbonyl (C=O) groups is 3. The van der Waals surface area contributed by atoms with Gasteiger partial charge in [0.05, 0.1) is 24.6 Å². The summed E-state index contributed by atoms with van der Waals surface area (Å²) in [4.78, 5) is 44.9. The average molecular weight is 629 g/mol. The molecule has 5 aliphatic rings. The zero-order valence-electron chi connectivity index (χ0n) is 21.8. The number of benzene rings is 1. The van der Waals surface area contributed by atoms with Crippen LogP contribution >= 0.6 is 15.9 Å². The van der Waals surface area contributed by atoms with E-state index in [1.807, 2.05) is 11.0 Å². The third-order valence-corrected chi connectivity index (χ3v) is 9.66. The second kappa shape index (κ2) is 10.5. The van der Waals surface area contributed by atoms with E-state index >= 15 is 0 Å². The van der Waals surface area contributed by atoms with Gasteiger partial charge in [-0.2, -0.15) is 13.2 Å². The molecule has 4 fully saturated rings. The minimum atomic E-state index is -4.57. The number of morpholine rings is 1. The Labute approximate surface area is 238 Å². The lowest BCUT2D eigenvalue weighted by molar-refractivity contribution is -0.236. The summed E-state index contributed by atoms with van der Waals surface area (Å²) in [5.74, 6) is -0.771. The van der Waals surface area contributed by atoms with E-state index < -0.39 is 30.1 Å². The Bertz CT molecular complexity index is 1190. The smallest absolute Gasteiger partial charge is 0.365 e. The number of ether oxygens (including phenoxy) is 1. The molecule has 5 aliphatic heterocycles. The molecule has 4 unspecified atom stereocenters. The van der Waals surface area contributed by atoms with Gasteiger partial charge in [-0.3, -0.25) is 25.2 Å². The number of rotatable bonds is 3. The van der Waals surface area contributed by atoms with Crippen LogP contribution in [0.5, 0.6) is 0 Å². The van der Waals surface area contributed by atoms with Crippen LogP contribution in [0.3, 0.4) is 0 Å². The van der Waals surface area contributed by atoms with Gasteiger partial charge in [0.1, 0.15) is 6.54 Å². The summed E-state index contributed by atoms with van der Waals surface area (Å²) in [5.41, 5.74) is 6.80. The number of anilines is 1. The minimum absolute atomic E-state index is 0.0317. The van der Waals surface area contributed by atoms with Gasteiger partial charge in [0, 0.05) is 54.0 Å². The van der Waals surface area contributed by atoms with Crippen molar-refractivity contribution in [1.29, 1.82) is 0 Å². The number of hydrogen-bond donors (Lipinski definition) is 3. The molecular formula is C26H32BrF3N6O4. The Morgan fingerprint density at radius 2 is 1.88 bits per heavy atom. The molecule has 0 aliphatic carbocycles. The van der Waals surface area contributed by atoms with Crippen molar-refractivity contribution in [2.75, 3.05) is 50.8 Å². The minimum Gasteiger partial charge on any atom is -0.365 e. The van der Waals surface area contributed by atoms with Gasteiger partial charge in [-0.25, -0.2) is 0 Å². The van der Waals surface area contributed by atoms with Gasteiger partial charge in [-0.15, -0.1) is 0 Å². The maximum absolute atomic E-state index is 14.0. The molecule has 3 N–H and O–H groups in total. The standard InChI is InChI=1S/C26H32BrF3N6O4/c27-15-2-1-3-19-22(15)25(24(39)36(19)14-21(37)35-10-11-40-20(13-35)26(28,29)30)6-8-34(9-7-25)23(38)17-5-4-16-18(32-17)12-31-33-16/h1-3,16-18,20,31-33H,4-14H2. The zero-order chi connectivity index (χ0) is 28.2. The molecule has 1 aromatic carbocycles. The number of halogens is 4. The molecule has 10 nitrogen and oxygen atoms in total. The number of hydrazine groups is 1. The van der Waals surface area contributed by atoms with Gasteiger partial charge in [0.15, 0.2) is 6.10 Å². The molecule has 0 bridgehead atoms. The molecule has 5 heterocycles. The van der Waals surface area contributed by atoms with Gasteiger partial charge in [-0.1, -0.05) is 22.0 Å². The molecular weight excluding hydrogens is 597 g/mol. The predicted molar refractivity (Wildman–Crippen MR) is 141 cm³/mol. The van der Waals surface area contributed by atoms with E-state index in [1.165, 1.54) is 4.90 Å². The van der Waals surface area contributed by atoms with Crippen LogP contribution in [-0.2, 0) is 24.5 Å². The molecule has 3 amide bonds. The van der Waals surface area contributed by atoms with Crippen LogP contribution in [0.2, 0.25) is 0 Å². The van der Waals surface area contributed by atoms with Crippen LogP contribution in [0.25, 0.3) is 0 Å². The first-order valence-corrected chi connectivity index (χ1v) is 14.5. The normalized spacial score (nSPS) is 30.0. The largest absolute Gasteiger partial charge is 0.416 e. The van der Waals surface area contributed by atoms with Crippen molar-refractivity contribution in [1.82, 2.24) is 26.0 Å². The lowest BCUT2D eigenvalue weighted by atomic mass is 9.73. The first-order chi connectivity index (χ1) is 19.1. The molecule has 0 radical (unpaired) electrons. The van der Waals surface area contributed by atoms with Gasteiger partial charge in [-0.05, 0) is 37.8 Å². The van der Waals surface area contributed by atoms with Crippen molar-refractivity contribution in [3.63, 3.8) is 0 Å². The number of nitrogens with one attached hydrogen (secondary N) is 3. The van der Waals surface area contributed by atoms with Crippen LogP contribution in [0.4, 0.5) is 18.9 Å². The Morgan fingerprint density at radius 1 is 1.10 bits per heavy atom. The quantitative estimate of drug-likeness (QED) is 0.459. The molecule has 1 spiro atoms. The third-order valence-electron chi connectivity index (χ3n) is 9.00. The molecule has 40 heavy (non-hydrogen) atoms. The van der Waals surface area contributed by atoms with E-state index in [9.17, 15) is 27.6 Å². The second-order valence-corrected chi connectivity index (χ2v) is 12.1. The molecule has 14 heteroatoms. The van der Waals surface area contributed by atoms with Crippen molar-refractivity contribution in [3.05, 3.63) is 28.2 Å². The highest BCUT2D eigenvalue weighted by molar-refractivity contribution is 9.10. The number of piperidine rings is 2. The Kier molecular flexibility index (Phi) is 7.35.